The minimum atomic E-state index is -4.45. The number of aromatic nitrogens is 2. The number of anilines is 1. The van der Waals surface area contributed by atoms with Crippen molar-refractivity contribution < 1.29 is 13.2 Å². The predicted octanol–water partition coefficient (Wildman–Crippen LogP) is 3.98. The molecular weight excluding hydrogens is 279 g/mol. The highest BCUT2D eigenvalue weighted by Gasteiger charge is 2.33. The fraction of sp³-hybridized carbons (Fsp3) is 0.333. The number of nitrogens with one attached hydrogen (secondary N) is 1. The summed E-state index contributed by atoms with van der Waals surface area (Å²) < 4.78 is 38.0. The van der Waals surface area contributed by atoms with E-state index in [2.05, 4.69) is 21.4 Å². The van der Waals surface area contributed by atoms with E-state index in [9.17, 15) is 13.2 Å². The Morgan fingerprint density at radius 3 is 2.76 bits per heavy atom. The number of nitrogens with zero attached hydrogens (tertiary/aromatic N) is 2. The second-order valence-electron chi connectivity index (χ2n) is 5.05. The molecule has 1 aliphatic rings. The zero-order valence-corrected chi connectivity index (χ0v) is 11.2. The molecule has 0 fully saturated rings. The zero-order valence-electron chi connectivity index (χ0n) is 11.2. The molecule has 0 saturated heterocycles. The summed E-state index contributed by atoms with van der Waals surface area (Å²) in [6.45, 7) is 0. The van der Waals surface area contributed by atoms with Gasteiger partial charge in [-0.3, -0.25) is 0 Å². The van der Waals surface area contributed by atoms with Gasteiger partial charge in [-0.15, -0.1) is 0 Å². The number of halogens is 3. The molecule has 0 saturated carbocycles. The Morgan fingerprint density at radius 1 is 1.14 bits per heavy atom. The number of alkyl halides is 3. The largest absolute Gasteiger partial charge is 0.433 e. The molecule has 3 rings (SSSR count). The molecule has 110 valence electrons. The van der Waals surface area contributed by atoms with Gasteiger partial charge in [0.1, 0.15) is 5.69 Å². The molecule has 0 bridgehead atoms. The van der Waals surface area contributed by atoms with Crippen LogP contribution in [0.3, 0.4) is 0 Å². The lowest BCUT2D eigenvalue weighted by Gasteiger charge is -2.26. The number of rotatable bonds is 2. The van der Waals surface area contributed by atoms with E-state index in [4.69, 9.17) is 0 Å². The van der Waals surface area contributed by atoms with Crippen LogP contribution in [0.25, 0.3) is 0 Å². The molecular formula is C15H14F3N3. The number of hydrogen-bond donors (Lipinski definition) is 1. The topological polar surface area (TPSA) is 37.8 Å². The molecule has 1 N–H and O–H groups in total. The molecule has 2 aromatic rings. The van der Waals surface area contributed by atoms with Crippen molar-refractivity contribution in [2.24, 2.45) is 0 Å². The Hall–Kier alpha value is -2.11. The predicted molar refractivity (Wildman–Crippen MR) is 72.8 cm³/mol. The fourth-order valence-electron chi connectivity index (χ4n) is 2.65. The highest BCUT2D eigenvalue weighted by atomic mass is 19.4. The van der Waals surface area contributed by atoms with Crippen LogP contribution < -0.4 is 5.32 Å². The Morgan fingerprint density at radius 2 is 1.95 bits per heavy atom. The van der Waals surface area contributed by atoms with E-state index in [1.165, 1.54) is 5.56 Å². The molecule has 1 atom stereocenters. The highest BCUT2D eigenvalue weighted by Crippen LogP contribution is 2.32. The first-order valence-corrected chi connectivity index (χ1v) is 6.78. The summed E-state index contributed by atoms with van der Waals surface area (Å²) in [6.07, 6.45) is -0.473. The molecule has 1 heterocycles. The molecule has 21 heavy (non-hydrogen) atoms. The minimum absolute atomic E-state index is 0.0199. The summed E-state index contributed by atoms with van der Waals surface area (Å²) in [7, 11) is 0. The van der Waals surface area contributed by atoms with Crippen molar-refractivity contribution in [3.63, 3.8) is 0 Å². The third-order valence-electron chi connectivity index (χ3n) is 3.62. The summed E-state index contributed by atoms with van der Waals surface area (Å²) in [5, 5.41) is 3.03. The van der Waals surface area contributed by atoms with Crippen molar-refractivity contribution in [2.45, 2.75) is 31.5 Å². The van der Waals surface area contributed by atoms with Gasteiger partial charge in [-0.2, -0.15) is 13.2 Å². The van der Waals surface area contributed by atoms with E-state index in [0.717, 1.165) is 37.1 Å². The summed E-state index contributed by atoms with van der Waals surface area (Å²) in [5.41, 5.74) is 1.42. The molecule has 1 aromatic heterocycles. The van der Waals surface area contributed by atoms with Gasteiger partial charge < -0.3 is 5.32 Å². The van der Waals surface area contributed by atoms with Crippen LogP contribution in [0.1, 0.15) is 35.7 Å². The normalized spacial score (nSPS) is 18.1. The lowest BCUT2D eigenvalue weighted by Crippen LogP contribution is -2.19. The van der Waals surface area contributed by atoms with Gasteiger partial charge in [-0.25, -0.2) is 9.97 Å². The first-order chi connectivity index (χ1) is 10.0. The van der Waals surface area contributed by atoms with E-state index in [1.54, 1.807) is 0 Å². The second kappa shape index (κ2) is 5.35. The number of fused-ring (bicyclic) bond motifs is 1. The summed E-state index contributed by atoms with van der Waals surface area (Å²) in [4.78, 5) is 7.46. The molecule has 1 unspecified atom stereocenters. The molecule has 0 radical (unpaired) electrons. The van der Waals surface area contributed by atoms with Crippen molar-refractivity contribution in [1.29, 1.82) is 0 Å². The number of benzene rings is 1. The van der Waals surface area contributed by atoms with Crippen LogP contribution in [0.2, 0.25) is 0 Å². The molecule has 0 aliphatic heterocycles. The average Bonchev–Trinajstić information content (AvgIpc) is 2.47. The van der Waals surface area contributed by atoms with Crippen LogP contribution in [0.15, 0.2) is 36.5 Å². The van der Waals surface area contributed by atoms with Crippen LogP contribution in [0, 0.1) is 0 Å². The summed E-state index contributed by atoms with van der Waals surface area (Å²) in [6, 6.07) is 8.79. The van der Waals surface area contributed by atoms with E-state index < -0.39 is 11.9 Å². The van der Waals surface area contributed by atoms with Gasteiger partial charge in [-0.1, -0.05) is 24.3 Å². The van der Waals surface area contributed by atoms with Crippen LogP contribution in [-0.4, -0.2) is 9.97 Å². The van der Waals surface area contributed by atoms with Crippen molar-refractivity contribution >= 4 is 5.95 Å². The van der Waals surface area contributed by atoms with Gasteiger partial charge in [0.05, 0.1) is 6.04 Å². The van der Waals surface area contributed by atoms with Gasteiger partial charge in [-0.05, 0) is 36.5 Å². The third-order valence-corrected chi connectivity index (χ3v) is 3.62. The summed E-state index contributed by atoms with van der Waals surface area (Å²) in [5.74, 6) is 0.0199. The Balaban J connectivity index is 1.85. The quantitative estimate of drug-likeness (QED) is 0.910. The molecule has 0 spiro atoms. The zero-order chi connectivity index (χ0) is 14.9. The van der Waals surface area contributed by atoms with Crippen molar-refractivity contribution in [3.8, 4) is 0 Å². The standard InChI is InChI=1S/C15H14F3N3/c16-15(17,18)13-8-9-19-14(21-13)20-12-7-3-5-10-4-1-2-6-11(10)12/h1-2,4,6,8-9,12H,3,5,7H2,(H,19,20,21). The lowest BCUT2D eigenvalue weighted by molar-refractivity contribution is -0.141. The maximum Gasteiger partial charge on any atom is 0.433 e. The maximum absolute atomic E-state index is 12.7. The van der Waals surface area contributed by atoms with E-state index in [0.29, 0.717) is 0 Å². The van der Waals surface area contributed by atoms with Crippen molar-refractivity contribution in [1.82, 2.24) is 9.97 Å². The molecule has 6 heteroatoms. The first-order valence-electron chi connectivity index (χ1n) is 6.78. The lowest BCUT2D eigenvalue weighted by atomic mass is 9.88. The van der Waals surface area contributed by atoms with Gasteiger partial charge >= 0.3 is 6.18 Å². The van der Waals surface area contributed by atoms with Crippen LogP contribution >= 0.6 is 0 Å². The third kappa shape index (κ3) is 2.99. The summed E-state index contributed by atoms with van der Waals surface area (Å²) >= 11 is 0. The Labute approximate surface area is 120 Å². The fourth-order valence-corrected chi connectivity index (χ4v) is 2.65. The van der Waals surface area contributed by atoms with Gasteiger partial charge in [0.2, 0.25) is 5.95 Å². The minimum Gasteiger partial charge on any atom is -0.347 e. The highest BCUT2D eigenvalue weighted by molar-refractivity contribution is 5.38. The molecule has 1 aliphatic carbocycles. The first kappa shape index (κ1) is 13.9. The van der Waals surface area contributed by atoms with Crippen LogP contribution in [0.5, 0.6) is 0 Å². The molecule has 1 aromatic carbocycles. The van der Waals surface area contributed by atoms with E-state index in [1.807, 2.05) is 18.2 Å². The monoisotopic (exact) mass is 293 g/mol. The van der Waals surface area contributed by atoms with Gasteiger partial charge in [0, 0.05) is 6.20 Å². The average molecular weight is 293 g/mol. The second-order valence-corrected chi connectivity index (χ2v) is 5.05. The SMILES string of the molecule is FC(F)(F)c1ccnc(NC2CCCc3ccccc32)n1. The van der Waals surface area contributed by atoms with Gasteiger partial charge in [0.25, 0.3) is 0 Å². The van der Waals surface area contributed by atoms with E-state index >= 15 is 0 Å². The Bertz CT molecular complexity index is 640. The molecule has 0 amide bonds. The van der Waals surface area contributed by atoms with Crippen molar-refractivity contribution in [3.05, 3.63) is 53.3 Å². The Kier molecular flexibility index (Phi) is 3.53. The van der Waals surface area contributed by atoms with Gasteiger partial charge in [0.15, 0.2) is 0 Å². The van der Waals surface area contributed by atoms with Crippen LogP contribution in [-0.2, 0) is 12.6 Å². The maximum atomic E-state index is 12.7. The molecule has 3 nitrogen and oxygen atoms in total. The van der Waals surface area contributed by atoms with E-state index in [-0.39, 0.29) is 12.0 Å². The van der Waals surface area contributed by atoms with Crippen molar-refractivity contribution in [2.75, 3.05) is 5.32 Å². The smallest absolute Gasteiger partial charge is 0.347 e. The van der Waals surface area contributed by atoms with Crippen LogP contribution in [0.4, 0.5) is 19.1 Å². The number of hydrogen-bond acceptors (Lipinski definition) is 3. The number of aryl methyl sites for hydroxylation is 1.